The molecule has 0 N–H and O–H groups in total. The molecular formula is C20H12ClFN2O3. The summed E-state index contributed by atoms with van der Waals surface area (Å²) in [5.74, 6) is 0.239. The molecule has 7 heteroatoms. The van der Waals surface area contributed by atoms with Crippen molar-refractivity contribution in [2.45, 2.75) is 6.42 Å². The van der Waals surface area contributed by atoms with E-state index >= 15 is 0 Å². The van der Waals surface area contributed by atoms with Crippen LogP contribution < -0.4 is 0 Å². The number of hydrogen-bond acceptors (Lipinski definition) is 5. The number of hydrogen-bond donors (Lipinski definition) is 0. The monoisotopic (exact) mass is 382 g/mol. The van der Waals surface area contributed by atoms with E-state index in [4.69, 9.17) is 20.4 Å². The highest BCUT2D eigenvalue weighted by atomic mass is 35.5. The summed E-state index contributed by atoms with van der Waals surface area (Å²) < 4.78 is 24.7. The van der Waals surface area contributed by atoms with Gasteiger partial charge in [-0.25, -0.2) is 4.39 Å². The number of aromatic nitrogens is 2. The second-order valence-electron chi connectivity index (χ2n) is 5.81. The Morgan fingerprint density at radius 1 is 1.04 bits per heavy atom. The summed E-state index contributed by atoms with van der Waals surface area (Å²) in [4.78, 5) is 12.6. The van der Waals surface area contributed by atoms with Crippen molar-refractivity contribution >= 4 is 17.4 Å². The Hall–Kier alpha value is -3.25. The normalized spacial score (nSPS) is 10.9. The lowest BCUT2D eigenvalue weighted by atomic mass is 10.0. The van der Waals surface area contributed by atoms with Crippen LogP contribution in [0.3, 0.4) is 0 Å². The molecule has 2 aromatic carbocycles. The molecule has 5 nitrogen and oxygen atoms in total. The first-order chi connectivity index (χ1) is 13.1. The third kappa shape index (κ3) is 3.66. The summed E-state index contributed by atoms with van der Waals surface area (Å²) in [6.07, 6.45) is 1.41. The molecule has 0 aliphatic rings. The van der Waals surface area contributed by atoms with Gasteiger partial charge in [0.1, 0.15) is 5.82 Å². The Labute approximate surface area is 158 Å². The van der Waals surface area contributed by atoms with Crippen LogP contribution in [0.2, 0.25) is 5.02 Å². The summed E-state index contributed by atoms with van der Waals surface area (Å²) in [5, 5.41) is 8.31. The van der Waals surface area contributed by atoms with E-state index in [1.165, 1.54) is 24.5 Å². The van der Waals surface area contributed by atoms with E-state index in [-0.39, 0.29) is 29.5 Å². The van der Waals surface area contributed by atoms with Gasteiger partial charge >= 0.3 is 0 Å². The number of rotatable bonds is 5. The zero-order chi connectivity index (χ0) is 18.8. The maximum atomic E-state index is 13.9. The zero-order valence-corrected chi connectivity index (χ0v) is 14.6. The van der Waals surface area contributed by atoms with E-state index in [1.807, 2.05) is 0 Å². The van der Waals surface area contributed by atoms with E-state index in [0.717, 1.165) is 0 Å². The third-order valence-electron chi connectivity index (χ3n) is 3.95. The quantitative estimate of drug-likeness (QED) is 0.443. The second kappa shape index (κ2) is 7.17. The van der Waals surface area contributed by atoms with Gasteiger partial charge in [0.05, 0.1) is 6.26 Å². The van der Waals surface area contributed by atoms with Crippen molar-refractivity contribution in [2.24, 2.45) is 0 Å². The molecule has 0 radical (unpaired) electrons. The van der Waals surface area contributed by atoms with Gasteiger partial charge < -0.3 is 8.83 Å². The fourth-order valence-electron chi connectivity index (χ4n) is 2.62. The molecule has 2 heterocycles. The first-order valence-electron chi connectivity index (χ1n) is 8.05. The van der Waals surface area contributed by atoms with Gasteiger partial charge in [0.15, 0.2) is 11.5 Å². The SMILES string of the molecule is O=C(Cc1cc(Cl)ccc1F)c1cccc(-c2nnc(-c3ccco3)o2)c1. The van der Waals surface area contributed by atoms with Crippen LogP contribution in [0, 0.1) is 5.82 Å². The zero-order valence-electron chi connectivity index (χ0n) is 13.9. The van der Waals surface area contributed by atoms with Crippen LogP contribution in [0.4, 0.5) is 4.39 Å². The largest absolute Gasteiger partial charge is 0.459 e. The van der Waals surface area contributed by atoms with E-state index < -0.39 is 5.82 Å². The molecule has 0 saturated carbocycles. The maximum absolute atomic E-state index is 13.9. The molecule has 0 aliphatic carbocycles. The Morgan fingerprint density at radius 2 is 1.89 bits per heavy atom. The van der Waals surface area contributed by atoms with E-state index in [0.29, 0.717) is 21.9 Å². The van der Waals surface area contributed by atoms with Crippen molar-refractivity contribution in [3.05, 3.63) is 82.8 Å². The van der Waals surface area contributed by atoms with Gasteiger partial charge in [0.25, 0.3) is 5.89 Å². The lowest BCUT2D eigenvalue weighted by Crippen LogP contribution is -2.05. The number of halogens is 2. The molecule has 4 aromatic rings. The summed E-state index contributed by atoms with van der Waals surface area (Å²) in [5.41, 5.74) is 1.23. The molecule has 27 heavy (non-hydrogen) atoms. The van der Waals surface area contributed by atoms with Gasteiger partial charge in [0.2, 0.25) is 5.89 Å². The number of benzene rings is 2. The highest BCUT2D eigenvalue weighted by Gasteiger charge is 2.15. The summed E-state index contributed by atoms with van der Waals surface area (Å²) in [6.45, 7) is 0. The van der Waals surface area contributed by atoms with E-state index in [2.05, 4.69) is 10.2 Å². The first-order valence-corrected chi connectivity index (χ1v) is 8.43. The minimum atomic E-state index is -0.469. The molecular weight excluding hydrogens is 371 g/mol. The number of nitrogens with zero attached hydrogens (tertiary/aromatic N) is 2. The molecule has 4 rings (SSSR count). The number of carbonyl (C=O) groups excluding carboxylic acids is 1. The molecule has 0 aliphatic heterocycles. The average Bonchev–Trinajstić information content (AvgIpc) is 3.36. The fraction of sp³-hybridized carbons (Fsp3) is 0.0500. The number of furan rings is 1. The van der Waals surface area contributed by atoms with Crippen LogP contribution in [0.25, 0.3) is 23.1 Å². The molecule has 0 saturated heterocycles. The van der Waals surface area contributed by atoms with Gasteiger partial charge in [-0.1, -0.05) is 23.7 Å². The Balaban J connectivity index is 1.59. The van der Waals surface area contributed by atoms with Crippen LogP contribution in [0.1, 0.15) is 15.9 Å². The molecule has 0 amide bonds. The first kappa shape index (κ1) is 17.2. The average molecular weight is 383 g/mol. The van der Waals surface area contributed by atoms with Gasteiger partial charge in [-0.3, -0.25) is 4.79 Å². The standard InChI is InChI=1S/C20H12ClFN2O3/c21-15-6-7-16(22)14(10-15)11-17(25)12-3-1-4-13(9-12)19-23-24-20(27-19)18-5-2-8-26-18/h1-10H,11H2. The number of carbonyl (C=O) groups is 1. The van der Waals surface area contributed by atoms with Crippen LogP contribution in [-0.2, 0) is 6.42 Å². The lowest BCUT2D eigenvalue weighted by Gasteiger charge is -2.05. The summed E-state index contributed by atoms with van der Waals surface area (Å²) in [6, 6.07) is 14.3. The van der Waals surface area contributed by atoms with Crippen LogP contribution >= 0.6 is 11.6 Å². The van der Waals surface area contributed by atoms with Crippen molar-refractivity contribution in [3.8, 4) is 23.1 Å². The van der Waals surface area contributed by atoms with Gasteiger partial charge in [-0.05, 0) is 48.0 Å². The fourth-order valence-corrected chi connectivity index (χ4v) is 2.81. The molecule has 0 fully saturated rings. The van der Waals surface area contributed by atoms with Crippen molar-refractivity contribution in [1.82, 2.24) is 10.2 Å². The predicted octanol–water partition coefficient (Wildman–Crippen LogP) is 5.21. The predicted molar refractivity (Wildman–Crippen MR) is 96.9 cm³/mol. The molecule has 134 valence electrons. The Morgan fingerprint density at radius 3 is 2.70 bits per heavy atom. The number of ketones is 1. The van der Waals surface area contributed by atoms with Crippen molar-refractivity contribution in [2.75, 3.05) is 0 Å². The highest BCUT2D eigenvalue weighted by Crippen LogP contribution is 2.25. The molecule has 0 bridgehead atoms. The Bertz CT molecular complexity index is 1110. The van der Waals surface area contributed by atoms with Crippen LogP contribution in [-0.4, -0.2) is 16.0 Å². The summed E-state index contributed by atoms with van der Waals surface area (Å²) >= 11 is 5.88. The molecule has 2 aromatic heterocycles. The van der Waals surface area contributed by atoms with Crippen molar-refractivity contribution in [1.29, 1.82) is 0 Å². The van der Waals surface area contributed by atoms with Crippen LogP contribution in [0.15, 0.2) is 69.7 Å². The van der Waals surface area contributed by atoms with Crippen LogP contribution in [0.5, 0.6) is 0 Å². The van der Waals surface area contributed by atoms with E-state index in [9.17, 15) is 9.18 Å². The highest BCUT2D eigenvalue weighted by molar-refractivity contribution is 6.30. The topological polar surface area (TPSA) is 69.1 Å². The minimum Gasteiger partial charge on any atom is -0.459 e. The molecule has 0 unspecified atom stereocenters. The number of Topliss-reactive ketones (excluding diaryl/α,β-unsaturated/α-hetero) is 1. The van der Waals surface area contributed by atoms with Gasteiger partial charge in [-0.15, -0.1) is 10.2 Å². The smallest absolute Gasteiger partial charge is 0.283 e. The van der Waals surface area contributed by atoms with Crippen molar-refractivity contribution < 1.29 is 18.0 Å². The maximum Gasteiger partial charge on any atom is 0.283 e. The second-order valence-corrected chi connectivity index (χ2v) is 6.24. The Kier molecular flexibility index (Phi) is 4.56. The minimum absolute atomic E-state index is 0.0999. The van der Waals surface area contributed by atoms with E-state index in [1.54, 1.807) is 36.4 Å². The summed E-state index contributed by atoms with van der Waals surface area (Å²) in [7, 11) is 0. The van der Waals surface area contributed by atoms with Crippen molar-refractivity contribution in [3.63, 3.8) is 0 Å². The van der Waals surface area contributed by atoms with Gasteiger partial charge in [-0.2, -0.15) is 0 Å². The molecule has 0 spiro atoms. The van der Waals surface area contributed by atoms with Gasteiger partial charge in [0, 0.05) is 22.6 Å². The lowest BCUT2D eigenvalue weighted by molar-refractivity contribution is 0.0992. The molecule has 0 atom stereocenters. The third-order valence-corrected chi connectivity index (χ3v) is 4.18.